The second kappa shape index (κ2) is 9.37. The van der Waals surface area contributed by atoms with Crippen LogP contribution < -0.4 is 15.4 Å². The zero-order valence-electron chi connectivity index (χ0n) is 18.4. The smallest absolute Gasteiger partial charge is 0.292 e. The Kier molecular flexibility index (Phi) is 6.15. The van der Waals surface area contributed by atoms with Crippen molar-refractivity contribution >= 4 is 28.9 Å². The molecule has 33 heavy (non-hydrogen) atoms. The lowest BCUT2D eigenvalue weighted by Gasteiger charge is -2.37. The average molecular weight is 464 g/mol. The number of nitrogens with zero attached hydrogens (tertiary/aromatic N) is 5. The predicted molar refractivity (Wildman–Crippen MR) is 131 cm³/mol. The summed E-state index contributed by atoms with van der Waals surface area (Å²) < 4.78 is 1.32. The third kappa shape index (κ3) is 4.38. The zero-order chi connectivity index (χ0) is 22.8. The van der Waals surface area contributed by atoms with Crippen LogP contribution in [-0.4, -0.2) is 59.9 Å². The van der Waals surface area contributed by atoms with Gasteiger partial charge in [-0.05, 0) is 36.6 Å². The van der Waals surface area contributed by atoms with Crippen molar-refractivity contribution in [1.29, 1.82) is 0 Å². The molecule has 0 aliphatic carbocycles. The molecule has 0 N–H and O–H groups in total. The van der Waals surface area contributed by atoms with Crippen molar-refractivity contribution < 1.29 is 4.79 Å². The second-order valence-electron chi connectivity index (χ2n) is 8.44. The molecule has 0 spiro atoms. The van der Waals surface area contributed by atoms with E-state index in [1.54, 1.807) is 6.20 Å². The molecule has 0 saturated carbocycles. The number of aryl methyl sites for hydroxylation is 1. The molecule has 2 aliphatic rings. The molecule has 3 aromatic rings. The molecule has 8 heteroatoms. The first-order valence-electron chi connectivity index (χ1n) is 11.3. The van der Waals surface area contributed by atoms with Crippen LogP contribution in [0.2, 0.25) is 5.02 Å². The monoisotopic (exact) mass is 463 g/mol. The average Bonchev–Trinajstić information content (AvgIpc) is 2.86. The van der Waals surface area contributed by atoms with Crippen molar-refractivity contribution in [2.75, 3.05) is 49.1 Å². The number of hydrogen-bond acceptors (Lipinski definition) is 5. The third-order valence-electron chi connectivity index (χ3n) is 6.38. The Morgan fingerprint density at radius 1 is 0.909 bits per heavy atom. The first-order valence-corrected chi connectivity index (χ1v) is 11.7. The number of benzene rings is 2. The lowest BCUT2D eigenvalue weighted by molar-refractivity contribution is -0.119. The fourth-order valence-corrected chi connectivity index (χ4v) is 4.86. The second-order valence-corrected chi connectivity index (χ2v) is 8.82. The molecule has 170 valence electrons. The first kappa shape index (κ1) is 21.7. The number of piperazine rings is 1. The minimum atomic E-state index is -0.332. The number of amides is 1. The van der Waals surface area contributed by atoms with Gasteiger partial charge in [-0.15, -0.1) is 0 Å². The van der Waals surface area contributed by atoms with Crippen molar-refractivity contribution in [2.45, 2.75) is 12.8 Å². The molecule has 1 fully saturated rings. The molecule has 1 saturated heterocycles. The summed E-state index contributed by atoms with van der Waals surface area (Å²) in [6.07, 6.45) is 3.68. The van der Waals surface area contributed by atoms with E-state index < -0.39 is 0 Å². The quantitative estimate of drug-likeness (QED) is 0.595. The normalized spacial score (nSPS) is 16.5. The lowest BCUT2D eigenvalue weighted by atomic mass is 10.0. The van der Waals surface area contributed by atoms with Crippen LogP contribution in [0.4, 0.5) is 11.4 Å². The van der Waals surface area contributed by atoms with Gasteiger partial charge in [0.2, 0.25) is 5.91 Å². The molecule has 0 radical (unpaired) electrons. The SMILES string of the molecule is O=C(CN1CCN(c2cnn(-c3ccccc3)c(=O)c2Cl)CC1)N1CCCc2ccccc21. The Labute approximate surface area is 197 Å². The van der Waals surface area contributed by atoms with Crippen LogP contribution in [0.25, 0.3) is 5.69 Å². The van der Waals surface area contributed by atoms with Gasteiger partial charge in [-0.2, -0.15) is 9.78 Å². The highest BCUT2D eigenvalue weighted by Crippen LogP contribution is 2.27. The van der Waals surface area contributed by atoms with E-state index in [2.05, 4.69) is 21.0 Å². The van der Waals surface area contributed by atoms with Gasteiger partial charge >= 0.3 is 0 Å². The number of halogens is 1. The van der Waals surface area contributed by atoms with Crippen LogP contribution >= 0.6 is 11.6 Å². The predicted octanol–water partition coefficient (Wildman–Crippen LogP) is 2.99. The number of hydrogen-bond donors (Lipinski definition) is 0. The van der Waals surface area contributed by atoms with Crippen LogP contribution in [0.3, 0.4) is 0 Å². The van der Waals surface area contributed by atoms with Crippen molar-refractivity contribution in [1.82, 2.24) is 14.7 Å². The lowest BCUT2D eigenvalue weighted by Crippen LogP contribution is -2.51. The summed E-state index contributed by atoms with van der Waals surface area (Å²) in [6, 6.07) is 17.4. The minimum absolute atomic E-state index is 0.140. The number of aromatic nitrogens is 2. The highest BCUT2D eigenvalue weighted by Gasteiger charge is 2.26. The molecule has 1 aromatic heterocycles. The Balaban J connectivity index is 1.23. The summed E-state index contributed by atoms with van der Waals surface area (Å²) >= 11 is 6.46. The van der Waals surface area contributed by atoms with Gasteiger partial charge in [0.05, 0.1) is 24.1 Å². The van der Waals surface area contributed by atoms with Crippen molar-refractivity contribution in [3.05, 3.63) is 81.7 Å². The largest absolute Gasteiger partial charge is 0.366 e. The molecule has 1 amide bonds. The Bertz CT molecular complexity index is 1200. The zero-order valence-corrected chi connectivity index (χ0v) is 19.1. The van der Waals surface area contributed by atoms with Gasteiger partial charge in [-0.25, -0.2) is 0 Å². The summed E-state index contributed by atoms with van der Waals surface area (Å²) in [5, 5.41) is 4.51. The molecule has 0 bridgehead atoms. The highest BCUT2D eigenvalue weighted by molar-refractivity contribution is 6.33. The first-order chi connectivity index (χ1) is 16.1. The van der Waals surface area contributed by atoms with Gasteiger partial charge in [0, 0.05) is 38.4 Å². The molecule has 3 heterocycles. The minimum Gasteiger partial charge on any atom is -0.366 e. The molecule has 2 aliphatic heterocycles. The van der Waals surface area contributed by atoms with Crippen molar-refractivity contribution in [2.24, 2.45) is 0 Å². The van der Waals surface area contributed by atoms with Crippen molar-refractivity contribution in [3.63, 3.8) is 0 Å². The molecule has 5 rings (SSSR count). The summed E-state index contributed by atoms with van der Waals surface area (Å²) in [6.45, 7) is 3.97. The van der Waals surface area contributed by atoms with E-state index in [0.717, 1.165) is 38.2 Å². The van der Waals surface area contributed by atoms with E-state index in [0.29, 0.717) is 31.0 Å². The Morgan fingerprint density at radius 2 is 1.64 bits per heavy atom. The maximum Gasteiger partial charge on any atom is 0.292 e. The number of rotatable bonds is 4. The van der Waals surface area contributed by atoms with Crippen LogP contribution in [-0.2, 0) is 11.2 Å². The molecular weight excluding hydrogens is 438 g/mol. The number of para-hydroxylation sites is 2. The number of carbonyl (C=O) groups is 1. The van der Waals surface area contributed by atoms with Crippen LogP contribution in [0.1, 0.15) is 12.0 Å². The maximum atomic E-state index is 13.0. The number of fused-ring (bicyclic) bond motifs is 1. The van der Waals surface area contributed by atoms with E-state index in [9.17, 15) is 9.59 Å². The molecule has 0 atom stereocenters. The summed E-state index contributed by atoms with van der Waals surface area (Å²) in [5.41, 5.74) is 3.28. The van der Waals surface area contributed by atoms with Crippen molar-refractivity contribution in [3.8, 4) is 5.69 Å². The highest BCUT2D eigenvalue weighted by atomic mass is 35.5. The van der Waals surface area contributed by atoms with Crippen LogP contribution in [0, 0.1) is 0 Å². The maximum absolute atomic E-state index is 13.0. The summed E-state index contributed by atoms with van der Waals surface area (Å²) in [7, 11) is 0. The third-order valence-corrected chi connectivity index (χ3v) is 6.74. The Hall–Kier alpha value is -3.16. The topological polar surface area (TPSA) is 61.7 Å². The summed E-state index contributed by atoms with van der Waals surface area (Å²) in [5.74, 6) is 0.140. The van der Waals surface area contributed by atoms with E-state index in [1.165, 1.54) is 10.2 Å². The number of carbonyl (C=O) groups excluding carboxylic acids is 1. The summed E-state index contributed by atoms with van der Waals surface area (Å²) in [4.78, 5) is 32.0. The Morgan fingerprint density at radius 3 is 2.42 bits per heavy atom. The molecule has 7 nitrogen and oxygen atoms in total. The van der Waals surface area contributed by atoms with Gasteiger partial charge < -0.3 is 9.80 Å². The molecule has 0 unspecified atom stereocenters. The van der Waals surface area contributed by atoms with E-state index in [-0.39, 0.29) is 16.5 Å². The van der Waals surface area contributed by atoms with E-state index in [4.69, 9.17) is 11.6 Å². The van der Waals surface area contributed by atoms with E-state index >= 15 is 0 Å². The van der Waals surface area contributed by atoms with Gasteiger partial charge in [0.1, 0.15) is 5.02 Å². The standard InChI is InChI=1S/C25H26ClN5O2/c26-24-22(17-27-31(25(24)33)20-9-2-1-3-10-20)29-15-13-28(14-16-29)18-23(32)30-12-6-8-19-7-4-5-11-21(19)30/h1-5,7,9-11,17H,6,8,12-16,18H2. The van der Waals surface area contributed by atoms with E-state index in [1.807, 2.05) is 53.4 Å². The fraction of sp³-hybridized carbons (Fsp3) is 0.320. The van der Waals surface area contributed by atoms with Gasteiger partial charge in [0.15, 0.2) is 0 Å². The van der Waals surface area contributed by atoms with Gasteiger partial charge in [-0.1, -0.05) is 48.0 Å². The molecule has 2 aromatic carbocycles. The van der Waals surface area contributed by atoms with Crippen LogP contribution in [0.15, 0.2) is 65.6 Å². The molecular formula is C25H26ClN5O2. The van der Waals surface area contributed by atoms with Gasteiger partial charge in [0.25, 0.3) is 5.56 Å². The number of anilines is 2. The van der Waals surface area contributed by atoms with Gasteiger partial charge in [-0.3, -0.25) is 14.5 Å². The van der Waals surface area contributed by atoms with Crippen LogP contribution in [0.5, 0.6) is 0 Å². The fourth-order valence-electron chi connectivity index (χ4n) is 4.61.